The third-order valence-corrected chi connectivity index (χ3v) is 1.20. The molecule has 0 rings (SSSR count). The van der Waals surface area contributed by atoms with Crippen molar-refractivity contribution in [2.75, 3.05) is 4.43 Å². The molecule has 0 aromatic rings. The van der Waals surface area contributed by atoms with Crippen LogP contribution in [0.2, 0.25) is 0 Å². The number of nitrogens with two attached hydrogens (primary N) is 1. The number of rotatable bonds is 2. The Bertz CT molecular complexity index is 105. The molecule has 0 aliphatic heterocycles. The fraction of sp³-hybridized carbons (Fsp3) is 0.333. The Morgan fingerprint density at radius 2 is 2.38 bits per heavy atom. The molecule has 0 fully saturated rings. The van der Waals surface area contributed by atoms with Gasteiger partial charge in [0.05, 0.1) is 0 Å². The predicted molar refractivity (Wildman–Crippen MR) is 46.0 cm³/mol. The molecule has 0 aliphatic carbocycles. The standard InChI is InChI=1S/C6H10IN/c1-6(2-4-7)3-5-8/h2-3,5H,4,8H2,1H3/b5-3-,6-2-. The minimum atomic E-state index is 1.05. The van der Waals surface area contributed by atoms with Gasteiger partial charge >= 0.3 is 0 Å². The van der Waals surface area contributed by atoms with Crippen molar-refractivity contribution in [1.82, 2.24) is 0 Å². The Morgan fingerprint density at radius 3 is 2.75 bits per heavy atom. The molecule has 0 aromatic carbocycles. The minimum Gasteiger partial charge on any atom is -0.405 e. The maximum atomic E-state index is 5.14. The zero-order valence-electron chi connectivity index (χ0n) is 4.89. The van der Waals surface area contributed by atoms with Crippen LogP contribution >= 0.6 is 22.6 Å². The van der Waals surface area contributed by atoms with Gasteiger partial charge in [-0.1, -0.05) is 34.2 Å². The fourth-order valence-electron chi connectivity index (χ4n) is 0.342. The molecule has 0 radical (unpaired) electrons. The summed E-state index contributed by atoms with van der Waals surface area (Å²) in [4.78, 5) is 0. The van der Waals surface area contributed by atoms with Gasteiger partial charge in [-0.05, 0) is 19.2 Å². The smallest absolute Gasteiger partial charge is 0.0181 e. The van der Waals surface area contributed by atoms with Crippen molar-refractivity contribution < 1.29 is 0 Å². The van der Waals surface area contributed by atoms with E-state index >= 15 is 0 Å². The first-order valence-electron chi connectivity index (χ1n) is 2.42. The lowest BCUT2D eigenvalue weighted by atomic mass is 10.3. The highest BCUT2D eigenvalue weighted by Gasteiger charge is 1.75. The Kier molecular flexibility index (Phi) is 5.16. The van der Waals surface area contributed by atoms with Crippen molar-refractivity contribution in [2.45, 2.75) is 6.92 Å². The summed E-state index contributed by atoms with van der Waals surface area (Å²) in [5.41, 5.74) is 6.36. The van der Waals surface area contributed by atoms with Crippen LogP contribution in [0.15, 0.2) is 23.9 Å². The molecular weight excluding hydrogens is 213 g/mol. The predicted octanol–water partition coefficient (Wildman–Crippen LogP) is 1.84. The lowest BCUT2D eigenvalue weighted by Gasteiger charge is -1.84. The summed E-state index contributed by atoms with van der Waals surface area (Å²) in [6.45, 7) is 2.03. The summed E-state index contributed by atoms with van der Waals surface area (Å²) < 4.78 is 1.05. The van der Waals surface area contributed by atoms with Crippen LogP contribution in [0.5, 0.6) is 0 Å². The molecule has 0 aliphatic rings. The van der Waals surface area contributed by atoms with Gasteiger partial charge in [0.25, 0.3) is 0 Å². The molecule has 0 aromatic heterocycles. The highest BCUT2D eigenvalue weighted by Crippen LogP contribution is 1.94. The largest absolute Gasteiger partial charge is 0.405 e. The van der Waals surface area contributed by atoms with Gasteiger partial charge in [0.2, 0.25) is 0 Å². The van der Waals surface area contributed by atoms with Crippen molar-refractivity contribution in [3.05, 3.63) is 23.9 Å². The van der Waals surface area contributed by atoms with E-state index in [0.29, 0.717) is 0 Å². The quantitative estimate of drug-likeness (QED) is 0.431. The Labute approximate surface area is 63.8 Å². The van der Waals surface area contributed by atoms with E-state index in [4.69, 9.17) is 5.73 Å². The molecule has 2 heteroatoms. The first-order valence-corrected chi connectivity index (χ1v) is 3.95. The highest BCUT2D eigenvalue weighted by atomic mass is 127. The summed E-state index contributed by atoms with van der Waals surface area (Å²) in [5.74, 6) is 0. The van der Waals surface area contributed by atoms with Crippen molar-refractivity contribution >= 4 is 22.6 Å². The third kappa shape index (κ3) is 4.18. The molecule has 2 N–H and O–H groups in total. The van der Waals surface area contributed by atoms with Gasteiger partial charge in [-0.25, -0.2) is 0 Å². The zero-order chi connectivity index (χ0) is 6.41. The Balaban J connectivity index is 3.61. The highest BCUT2D eigenvalue weighted by molar-refractivity contribution is 14.1. The average Bonchev–Trinajstić information content (AvgIpc) is 1.68. The van der Waals surface area contributed by atoms with Gasteiger partial charge in [0.1, 0.15) is 0 Å². The minimum absolute atomic E-state index is 1.05. The normalized spacial score (nSPS) is 13.0. The monoisotopic (exact) mass is 223 g/mol. The molecule has 0 unspecified atom stereocenters. The number of hydrogen-bond acceptors (Lipinski definition) is 1. The lowest BCUT2D eigenvalue weighted by Crippen LogP contribution is -1.77. The van der Waals surface area contributed by atoms with Gasteiger partial charge < -0.3 is 5.73 Å². The first kappa shape index (κ1) is 8.01. The summed E-state index contributed by atoms with van der Waals surface area (Å²) in [7, 11) is 0. The molecule has 0 bridgehead atoms. The van der Waals surface area contributed by atoms with E-state index < -0.39 is 0 Å². The molecule has 0 amide bonds. The van der Waals surface area contributed by atoms with Gasteiger partial charge in [0, 0.05) is 4.43 Å². The molecule has 0 heterocycles. The van der Waals surface area contributed by atoms with Crippen LogP contribution in [0.4, 0.5) is 0 Å². The molecule has 46 valence electrons. The van der Waals surface area contributed by atoms with Crippen LogP contribution in [0.3, 0.4) is 0 Å². The third-order valence-electron chi connectivity index (χ3n) is 0.758. The van der Waals surface area contributed by atoms with Crippen molar-refractivity contribution in [1.29, 1.82) is 0 Å². The number of hydrogen-bond donors (Lipinski definition) is 1. The fourth-order valence-corrected chi connectivity index (χ4v) is 1.04. The van der Waals surface area contributed by atoms with Crippen LogP contribution in [0.1, 0.15) is 6.92 Å². The van der Waals surface area contributed by atoms with E-state index in [9.17, 15) is 0 Å². The van der Waals surface area contributed by atoms with Crippen LogP contribution in [0, 0.1) is 0 Å². The van der Waals surface area contributed by atoms with E-state index in [1.807, 2.05) is 13.0 Å². The maximum Gasteiger partial charge on any atom is 0.0181 e. The lowest BCUT2D eigenvalue weighted by molar-refractivity contribution is 1.46. The maximum absolute atomic E-state index is 5.14. The second kappa shape index (κ2) is 5.15. The molecule has 0 atom stereocenters. The van der Waals surface area contributed by atoms with E-state index in [1.165, 1.54) is 5.57 Å². The average molecular weight is 223 g/mol. The van der Waals surface area contributed by atoms with E-state index in [0.717, 1.165) is 4.43 Å². The van der Waals surface area contributed by atoms with Crippen molar-refractivity contribution in [3.8, 4) is 0 Å². The van der Waals surface area contributed by atoms with Crippen LogP contribution in [0.25, 0.3) is 0 Å². The molecule has 0 spiro atoms. The van der Waals surface area contributed by atoms with E-state index in [-0.39, 0.29) is 0 Å². The topological polar surface area (TPSA) is 26.0 Å². The van der Waals surface area contributed by atoms with Crippen LogP contribution in [-0.4, -0.2) is 4.43 Å². The molecule has 8 heavy (non-hydrogen) atoms. The Hall–Kier alpha value is 0.01000. The number of halogens is 1. The number of allylic oxidation sites excluding steroid dienone is 3. The summed E-state index contributed by atoms with van der Waals surface area (Å²) in [5, 5.41) is 0. The van der Waals surface area contributed by atoms with E-state index in [1.54, 1.807) is 6.20 Å². The van der Waals surface area contributed by atoms with Gasteiger partial charge in [-0.2, -0.15) is 0 Å². The Morgan fingerprint density at radius 1 is 1.75 bits per heavy atom. The van der Waals surface area contributed by atoms with Crippen LogP contribution in [-0.2, 0) is 0 Å². The van der Waals surface area contributed by atoms with E-state index in [2.05, 4.69) is 28.7 Å². The second-order valence-corrected chi connectivity index (χ2v) is 2.34. The summed E-state index contributed by atoms with van der Waals surface area (Å²) in [6, 6.07) is 0. The van der Waals surface area contributed by atoms with Crippen molar-refractivity contribution in [3.63, 3.8) is 0 Å². The first-order chi connectivity index (χ1) is 3.81. The molecular formula is C6H10IN. The van der Waals surface area contributed by atoms with Crippen LogP contribution < -0.4 is 5.73 Å². The molecule has 0 saturated heterocycles. The van der Waals surface area contributed by atoms with Gasteiger partial charge in [-0.15, -0.1) is 0 Å². The van der Waals surface area contributed by atoms with Crippen molar-refractivity contribution in [2.24, 2.45) is 5.73 Å². The molecule has 0 saturated carbocycles. The zero-order valence-corrected chi connectivity index (χ0v) is 7.05. The molecule has 1 nitrogen and oxygen atoms in total. The van der Waals surface area contributed by atoms with Gasteiger partial charge in [0.15, 0.2) is 0 Å². The number of alkyl halides is 1. The SMILES string of the molecule is CC(/C=C\N)=C/CI. The summed E-state index contributed by atoms with van der Waals surface area (Å²) >= 11 is 2.29. The van der Waals surface area contributed by atoms with Gasteiger partial charge in [-0.3, -0.25) is 0 Å². The second-order valence-electron chi connectivity index (χ2n) is 1.46. The summed E-state index contributed by atoms with van der Waals surface area (Å²) in [6.07, 6.45) is 5.56.